The Bertz CT molecular complexity index is 752. The normalized spacial score (nSPS) is 11.1. The summed E-state index contributed by atoms with van der Waals surface area (Å²) in [7, 11) is 0. The molecular formula is C14H12ClN3O. The number of benzene rings is 2. The molecule has 1 heterocycles. The van der Waals surface area contributed by atoms with E-state index < -0.39 is 0 Å². The summed E-state index contributed by atoms with van der Waals surface area (Å²) in [6.45, 7) is 1.99. The maximum Gasteiger partial charge on any atom is 0.146 e. The monoisotopic (exact) mass is 273 g/mol. The molecule has 0 spiro atoms. The van der Waals surface area contributed by atoms with Gasteiger partial charge in [0.1, 0.15) is 22.5 Å². The van der Waals surface area contributed by atoms with Crippen molar-refractivity contribution in [1.29, 1.82) is 0 Å². The number of aromatic nitrogens is 3. The van der Waals surface area contributed by atoms with E-state index in [1.54, 1.807) is 18.2 Å². The third-order valence-electron chi connectivity index (χ3n) is 3.04. The van der Waals surface area contributed by atoms with Crippen LogP contribution in [0.5, 0.6) is 5.75 Å². The van der Waals surface area contributed by atoms with Crippen LogP contribution in [-0.2, 0) is 6.42 Å². The Hall–Kier alpha value is -2.07. The summed E-state index contributed by atoms with van der Waals surface area (Å²) in [4.78, 5) is 1.44. The highest BCUT2D eigenvalue weighted by Gasteiger charge is 2.11. The molecule has 0 aliphatic carbocycles. The number of aromatic hydroxyl groups is 1. The predicted octanol–water partition coefficient (Wildman–Crippen LogP) is 3.34. The molecule has 0 saturated carbocycles. The fraction of sp³-hybridized carbons (Fsp3) is 0.143. The van der Waals surface area contributed by atoms with Gasteiger partial charge >= 0.3 is 0 Å². The third-order valence-corrected chi connectivity index (χ3v) is 3.27. The molecule has 0 unspecified atom stereocenters. The molecule has 5 heteroatoms. The van der Waals surface area contributed by atoms with Gasteiger partial charge in [-0.05, 0) is 36.2 Å². The number of aryl methyl sites for hydroxylation is 1. The number of phenolic OH excluding ortho intramolecular Hbond substituents is 1. The molecular weight excluding hydrogens is 262 g/mol. The van der Waals surface area contributed by atoms with Crippen LogP contribution in [0.15, 0.2) is 36.4 Å². The van der Waals surface area contributed by atoms with Gasteiger partial charge in [-0.25, -0.2) is 0 Å². The van der Waals surface area contributed by atoms with Crippen LogP contribution >= 0.6 is 11.6 Å². The fourth-order valence-corrected chi connectivity index (χ4v) is 2.19. The van der Waals surface area contributed by atoms with Crippen LogP contribution in [0, 0.1) is 0 Å². The van der Waals surface area contributed by atoms with Gasteiger partial charge in [-0.2, -0.15) is 0 Å². The van der Waals surface area contributed by atoms with Gasteiger partial charge in [-0.15, -0.1) is 15.0 Å². The summed E-state index contributed by atoms with van der Waals surface area (Å²) in [6.07, 6.45) is 0.756. The van der Waals surface area contributed by atoms with Crippen LogP contribution in [-0.4, -0.2) is 20.1 Å². The predicted molar refractivity (Wildman–Crippen MR) is 74.9 cm³/mol. The molecule has 0 atom stereocenters. The summed E-state index contributed by atoms with van der Waals surface area (Å²) < 4.78 is 0. The molecule has 1 aromatic heterocycles. The van der Waals surface area contributed by atoms with Crippen molar-refractivity contribution in [3.05, 3.63) is 47.0 Å². The average molecular weight is 274 g/mol. The van der Waals surface area contributed by atoms with E-state index in [1.165, 1.54) is 4.80 Å². The van der Waals surface area contributed by atoms with Crippen molar-refractivity contribution in [2.75, 3.05) is 0 Å². The number of nitrogens with zero attached hydrogens (tertiary/aromatic N) is 3. The van der Waals surface area contributed by atoms with Gasteiger partial charge in [0.05, 0.1) is 0 Å². The van der Waals surface area contributed by atoms with E-state index in [-0.39, 0.29) is 5.75 Å². The molecule has 0 fully saturated rings. The molecule has 4 nitrogen and oxygen atoms in total. The van der Waals surface area contributed by atoms with Crippen LogP contribution in [0.25, 0.3) is 16.7 Å². The SMILES string of the molecule is CCc1cccc(-n2nc3ccc(Cl)cc3n2)c1O. The second-order valence-corrected chi connectivity index (χ2v) is 4.70. The lowest BCUT2D eigenvalue weighted by molar-refractivity contribution is 0.461. The molecule has 2 aromatic carbocycles. The standard InChI is InChI=1S/C14H12ClN3O/c1-2-9-4-3-5-13(14(9)19)18-16-11-7-6-10(15)8-12(11)17-18/h3-8,19H,2H2,1H3. The summed E-state index contributed by atoms with van der Waals surface area (Å²) in [5, 5.41) is 19.5. The number of hydrogen-bond donors (Lipinski definition) is 1. The lowest BCUT2D eigenvalue weighted by atomic mass is 10.1. The van der Waals surface area contributed by atoms with Gasteiger partial charge < -0.3 is 5.11 Å². The van der Waals surface area contributed by atoms with Crippen molar-refractivity contribution < 1.29 is 5.11 Å². The van der Waals surface area contributed by atoms with Crippen molar-refractivity contribution in [2.45, 2.75) is 13.3 Å². The van der Waals surface area contributed by atoms with Crippen molar-refractivity contribution in [2.24, 2.45) is 0 Å². The number of halogens is 1. The van der Waals surface area contributed by atoms with Crippen LogP contribution in [0.1, 0.15) is 12.5 Å². The Morgan fingerprint density at radius 1 is 1.16 bits per heavy atom. The Balaban J connectivity index is 2.19. The fourth-order valence-electron chi connectivity index (χ4n) is 2.02. The van der Waals surface area contributed by atoms with E-state index in [2.05, 4.69) is 10.2 Å². The highest BCUT2D eigenvalue weighted by Crippen LogP contribution is 2.26. The molecule has 0 aliphatic heterocycles. The second-order valence-electron chi connectivity index (χ2n) is 4.26. The molecule has 0 aliphatic rings. The maximum absolute atomic E-state index is 10.2. The summed E-state index contributed by atoms with van der Waals surface area (Å²) in [5.41, 5.74) is 2.89. The molecule has 19 heavy (non-hydrogen) atoms. The Kier molecular flexibility index (Phi) is 2.87. The van der Waals surface area contributed by atoms with Gasteiger partial charge in [0, 0.05) is 5.02 Å². The van der Waals surface area contributed by atoms with Crippen LogP contribution < -0.4 is 0 Å². The molecule has 0 radical (unpaired) electrons. The zero-order valence-corrected chi connectivity index (χ0v) is 11.1. The molecule has 96 valence electrons. The van der Waals surface area contributed by atoms with Crippen molar-refractivity contribution in [3.63, 3.8) is 0 Å². The van der Waals surface area contributed by atoms with Gasteiger partial charge in [0.2, 0.25) is 0 Å². The number of hydrogen-bond acceptors (Lipinski definition) is 3. The molecule has 0 amide bonds. The first-order valence-electron chi connectivity index (χ1n) is 6.03. The lowest BCUT2D eigenvalue weighted by Crippen LogP contribution is -2.00. The van der Waals surface area contributed by atoms with Crippen molar-refractivity contribution in [1.82, 2.24) is 15.0 Å². The van der Waals surface area contributed by atoms with E-state index in [0.29, 0.717) is 16.2 Å². The van der Waals surface area contributed by atoms with Gasteiger partial charge in [-0.3, -0.25) is 0 Å². The highest BCUT2D eigenvalue weighted by molar-refractivity contribution is 6.31. The number of phenols is 1. The van der Waals surface area contributed by atoms with Crippen LogP contribution in [0.2, 0.25) is 5.02 Å². The van der Waals surface area contributed by atoms with Crippen molar-refractivity contribution in [3.8, 4) is 11.4 Å². The first kappa shape index (κ1) is 12.0. The summed E-state index contributed by atoms with van der Waals surface area (Å²) in [6, 6.07) is 10.9. The number of rotatable bonds is 2. The van der Waals surface area contributed by atoms with Gasteiger partial charge in [0.15, 0.2) is 0 Å². The Labute approximate surface area is 115 Å². The van der Waals surface area contributed by atoms with Crippen molar-refractivity contribution >= 4 is 22.6 Å². The minimum absolute atomic E-state index is 0.219. The largest absolute Gasteiger partial charge is 0.505 e. The second kappa shape index (κ2) is 4.55. The van der Waals surface area contributed by atoms with E-state index in [9.17, 15) is 5.11 Å². The maximum atomic E-state index is 10.2. The van der Waals surface area contributed by atoms with Crippen LogP contribution in [0.4, 0.5) is 0 Å². The van der Waals surface area contributed by atoms with Gasteiger partial charge in [0.25, 0.3) is 0 Å². The zero-order valence-electron chi connectivity index (χ0n) is 10.3. The Morgan fingerprint density at radius 3 is 2.74 bits per heavy atom. The first-order chi connectivity index (χ1) is 9.19. The third kappa shape index (κ3) is 2.04. The van der Waals surface area contributed by atoms with E-state index in [1.807, 2.05) is 25.1 Å². The summed E-state index contributed by atoms with van der Waals surface area (Å²) in [5.74, 6) is 0.219. The molecule has 3 aromatic rings. The molecule has 0 bridgehead atoms. The molecule has 0 saturated heterocycles. The van der Waals surface area contributed by atoms with E-state index in [4.69, 9.17) is 11.6 Å². The number of para-hydroxylation sites is 1. The smallest absolute Gasteiger partial charge is 0.146 e. The zero-order chi connectivity index (χ0) is 13.4. The van der Waals surface area contributed by atoms with Gasteiger partial charge in [-0.1, -0.05) is 30.7 Å². The minimum atomic E-state index is 0.219. The quantitative estimate of drug-likeness (QED) is 0.779. The number of fused-ring (bicyclic) bond motifs is 1. The van der Waals surface area contributed by atoms with Crippen LogP contribution in [0.3, 0.4) is 0 Å². The van der Waals surface area contributed by atoms with E-state index in [0.717, 1.165) is 17.5 Å². The van der Waals surface area contributed by atoms with E-state index >= 15 is 0 Å². The average Bonchev–Trinajstić information content (AvgIpc) is 2.81. The molecule has 1 N–H and O–H groups in total. The first-order valence-corrected chi connectivity index (χ1v) is 6.40. The summed E-state index contributed by atoms with van der Waals surface area (Å²) >= 11 is 5.93. The molecule has 3 rings (SSSR count). The minimum Gasteiger partial charge on any atom is -0.505 e. The lowest BCUT2D eigenvalue weighted by Gasteiger charge is -2.06. The topological polar surface area (TPSA) is 50.9 Å². The Morgan fingerprint density at radius 2 is 1.95 bits per heavy atom. The highest BCUT2D eigenvalue weighted by atomic mass is 35.5.